The summed E-state index contributed by atoms with van der Waals surface area (Å²) in [6, 6.07) is 10.4. The standard InChI is InChI=1S/C14H17NO3S2/c1-11-4-2-5-12(10-11)20(17,18)15-8-7-13(16)14-6-3-9-19-14/h2-6,9-10,13,15-16H,7-8H2,1H3. The summed E-state index contributed by atoms with van der Waals surface area (Å²) in [5.74, 6) is 0. The molecule has 1 atom stereocenters. The minimum atomic E-state index is -3.50. The Hall–Kier alpha value is -1.21. The highest BCUT2D eigenvalue weighted by atomic mass is 32.2. The van der Waals surface area contributed by atoms with E-state index in [0.29, 0.717) is 6.42 Å². The Morgan fingerprint density at radius 2 is 2.10 bits per heavy atom. The molecule has 4 nitrogen and oxygen atoms in total. The molecule has 1 aromatic carbocycles. The maximum absolute atomic E-state index is 12.1. The second-order valence-electron chi connectivity index (χ2n) is 4.53. The molecule has 20 heavy (non-hydrogen) atoms. The van der Waals surface area contributed by atoms with Gasteiger partial charge in [-0.3, -0.25) is 0 Å². The maximum Gasteiger partial charge on any atom is 0.240 e. The van der Waals surface area contributed by atoms with Crippen LogP contribution in [0.3, 0.4) is 0 Å². The van der Waals surface area contributed by atoms with Crippen molar-refractivity contribution < 1.29 is 13.5 Å². The van der Waals surface area contributed by atoms with Crippen LogP contribution < -0.4 is 4.72 Å². The van der Waals surface area contributed by atoms with Gasteiger partial charge in [0, 0.05) is 11.4 Å². The lowest BCUT2D eigenvalue weighted by atomic mass is 10.2. The fourth-order valence-electron chi connectivity index (χ4n) is 1.82. The van der Waals surface area contributed by atoms with Gasteiger partial charge in [-0.2, -0.15) is 0 Å². The Morgan fingerprint density at radius 3 is 2.75 bits per heavy atom. The maximum atomic E-state index is 12.1. The van der Waals surface area contributed by atoms with E-state index in [2.05, 4.69) is 4.72 Å². The van der Waals surface area contributed by atoms with E-state index in [1.165, 1.54) is 11.3 Å². The summed E-state index contributed by atoms with van der Waals surface area (Å²) in [6.45, 7) is 2.05. The van der Waals surface area contributed by atoms with Crippen molar-refractivity contribution in [3.05, 3.63) is 52.2 Å². The van der Waals surface area contributed by atoms with Gasteiger partial charge in [0.25, 0.3) is 0 Å². The van der Waals surface area contributed by atoms with Crippen LogP contribution >= 0.6 is 11.3 Å². The molecular formula is C14H17NO3S2. The van der Waals surface area contributed by atoms with Crippen LogP contribution in [0.2, 0.25) is 0 Å². The molecule has 1 heterocycles. The SMILES string of the molecule is Cc1cccc(S(=O)(=O)NCCC(O)c2cccs2)c1. The summed E-state index contributed by atoms with van der Waals surface area (Å²) in [6.07, 6.45) is -0.277. The molecule has 1 aromatic heterocycles. The molecule has 0 fully saturated rings. The Morgan fingerprint density at radius 1 is 1.30 bits per heavy atom. The van der Waals surface area contributed by atoms with E-state index < -0.39 is 16.1 Å². The molecule has 108 valence electrons. The van der Waals surface area contributed by atoms with Crippen molar-refractivity contribution in [2.45, 2.75) is 24.3 Å². The van der Waals surface area contributed by atoms with E-state index in [9.17, 15) is 13.5 Å². The molecule has 0 saturated heterocycles. The number of sulfonamides is 1. The van der Waals surface area contributed by atoms with Crippen molar-refractivity contribution in [3.8, 4) is 0 Å². The molecule has 0 aliphatic rings. The summed E-state index contributed by atoms with van der Waals surface area (Å²) in [7, 11) is -3.50. The predicted octanol–water partition coefficient (Wildman–Crippen LogP) is 2.46. The second-order valence-corrected chi connectivity index (χ2v) is 7.28. The molecule has 2 rings (SSSR count). The summed E-state index contributed by atoms with van der Waals surface area (Å²) >= 11 is 1.46. The highest BCUT2D eigenvalue weighted by Gasteiger charge is 2.15. The Labute approximate surface area is 123 Å². The highest BCUT2D eigenvalue weighted by Crippen LogP contribution is 2.21. The topological polar surface area (TPSA) is 66.4 Å². The zero-order chi connectivity index (χ0) is 14.6. The lowest BCUT2D eigenvalue weighted by Crippen LogP contribution is -2.25. The molecule has 2 N–H and O–H groups in total. The van der Waals surface area contributed by atoms with Crippen LogP contribution in [0.5, 0.6) is 0 Å². The number of aliphatic hydroxyl groups is 1. The van der Waals surface area contributed by atoms with Gasteiger partial charge in [-0.25, -0.2) is 13.1 Å². The largest absolute Gasteiger partial charge is 0.388 e. The number of hydrogen-bond acceptors (Lipinski definition) is 4. The van der Waals surface area contributed by atoms with E-state index in [0.717, 1.165) is 10.4 Å². The lowest BCUT2D eigenvalue weighted by molar-refractivity contribution is 0.173. The number of thiophene rings is 1. The smallest absolute Gasteiger partial charge is 0.240 e. The molecule has 0 radical (unpaired) electrons. The first-order chi connectivity index (χ1) is 9.49. The van der Waals surface area contributed by atoms with E-state index in [4.69, 9.17) is 0 Å². The van der Waals surface area contributed by atoms with Gasteiger partial charge in [0.15, 0.2) is 0 Å². The van der Waals surface area contributed by atoms with E-state index in [1.807, 2.05) is 30.5 Å². The molecule has 0 aliphatic carbocycles. The molecule has 0 spiro atoms. The number of rotatable bonds is 6. The van der Waals surface area contributed by atoms with Crippen LogP contribution in [-0.2, 0) is 10.0 Å². The minimum absolute atomic E-state index is 0.204. The van der Waals surface area contributed by atoms with Gasteiger partial charge >= 0.3 is 0 Å². The van der Waals surface area contributed by atoms with Crippen molar-refractivity contribution in [2.24, 2.45) is 0 Å². The van der Waals surface area contributed by atoms with Gasteiger partial charge in [0.2, 0.25) is 10.0 Å². The van der Waals surface area contributed by atoms with Crippen molar-refractivity contribution >= 4 is 21.4 Å². The molecule has 0 saturated carbocycles. The molecule has 0 bridgehead atoms. The van der Waals surface area contributed by atoms with Crippen LogP contribution in [0.1, 0.15) is 23.0 Å². The van der Waals surface area contributed by atoms with E-state index >= 15 is 0 Å². The first kappa shape index (κ1) is 15.2. The van der Waals surface area contributed by atoms with Gasteiger partial charge in [0.1, 0.15) is 0 Å². The molecule has 1 unspecified atom stereocenters. The van der Waals surface area contributed by atoms with Gasteiger partial charge in [-0.1, -0.05) is 18.2 Å². The number of benzene rings is 1. The highest BCUT2D eigenvalue weighted by molar-refractivity contribution is 7.89. The monoisotopic (exact) mass is 311 g/mol. The van der Waals surface area contributed by atoms with E-state index in [1.54, 1.807) is 18.2 Å². The van der Waals surface area contributed by atoms with E-state index in [-0.39, 0.29) is 11.4 Å². The van der Waals surface area contributed by atoms with Crippen LogP contribution in [-0.4, -0.2) is 20.1 Å². The molecular weight excluding hydrogens is 294 g/mol. The van der Waals surface area contributed by atoms with Gasteiger partial charge in [-0.05, 0) is 42.5 Å². The first-order valence-corrected chi connectivity index (χ1v) is 8.63. The fourth-order valence-corrected chi connectivity index (χ4v) is 3.72. The Balaban J connectivity index is 1.93. The lowest BCUT2D eigenvalue weighted by Gasteiger charge is -2.10. The number of nitrogens with one attached hydrogen (secondary N) is 1. The summed E-state index contributed by atoms with van der Waals surface area (Å²) in [5.41, 5.74) is 0.895. The number of hydrogen-bond donors (Lipinski definition) is 2. The van der Waals surface area contributed by atoms with Crippen LogP contribution in [0.4, 0.5) is 0 Å². The fraction of sp³-hybridized carbons (Fsp3) is 0.286. The summed E-state index contributed by atoms with van der Waals surface area (Å²) in [5, 5.41) is 11.8. The minimum Gasteiger partial charge on any atom is -0.388 e. The molecule has 2 aromatic rings. The normalized spacial score (nSPS) is 13.3. The van der Waals surface area contributed by atoms with Crippen molar-refractivity contribution in [3.63, 3.8) is 0 Å². The number of aryl methyl sites for hydroxylation is 1. The molecule has 0 aliphatic heterocycles. The average molecular weight is 311 g/mol. The summed E-state index contributed by atoms with van der Waals surface area (Å²) < 4.78 is 26.6. The third-order valence-corrected chi connectivity index (χ3v) is 5.31. The summed E-state index contributed by atoms with van der Waals surface area (Å²) in [4.78, 5) is 1.10. The quantitative estimate of drug-likeness (QED) is 0.861. The zero-order valence-electron chi connectivity index (χ0n) is 11.1. The molecule has 6 heteroatoms. The zero-order valence-corrected chi connectivity index (χ0v) is 12.7. The van der Waals surface area contributed by atoms with Gasteiger partial charge in [0.05, 0.1) is 11.0 Å². The Kier molecular flexibility index (Phi) is 4.93. The van der Waals surface area contributed by atoms with Crippen LogP contribution in [0, 0.1) is 6.92 Å². The average Bonchev–Trinajstić information content (AvgIpc) is 2.92. The van der Waals surface area contributed by atoms with Gasteiger partial charge in [-0.15, -0.1) is 11.3 Å². The number of aliphatic hydroxyl groups excluding tert-OH is 1. The third-order valence-electron chi connectivity index (χ3n) is 2.88. The first-order valence-electron chi connectivity index (χ1n) is 6.27. The van der Waals surface area contributed by atoms with Crippen LogP contribution in [0.15, 0.2) is 46.7 Å². The van der Waals surface area contributed by atoms with Crippen molar-refractivity contribution in [2.75, 3.05) is 6.54 Å². The molecule has 0 amide bonds. The van der Waals surface area contributed by atoms with Gasteiger partial charge < -0.3 is 5.11 Å². The van der Waals surface area contributed by atoms with Crippen molar-refractivity contribution in [1.82, 2.24) is 4.72 Å². The van der Waals surface area contributed by atoms with Crippen LogP contribution in [0.25, 0.3) is 0 Å². The second kappa shape index (κ2) is 6.49. The third kappa shape index (κ3) is 3.89. The predicted molar refractivity (Wildman–Crippen MR) is 80.3 cm³/mol. The van der Waals surface area contributed by atoms with Crippen molar-refractivity contribution in [1.29, 1.82) is 0 Å². The Bertz CT molecular complexity index is 651.